The van der Waals surface area contributed by atoms with Gasteiger partial charge in [0, 0.05) is 35.1 Å². The van der Waals surface area contributed by atoms with Gasteiger partial charge in [-0.3, -0.25) is 0 Å². The van der Waals surface area contributed by atoms with Crippen molar-refractivity contribution in [3.05, 3.63) is 70.8 Å². The van der Waals surface area contributed by atoms with Gasteiger partial charge in [0.25, 0.3) is 0 Å². The Hall–Kier alpha value is -3.89. The van der Waals surface area contributed by atoms with E-state index < -0.39 is 0 Å². The highest BCUT2D eigenvalue weighted by molar-refractivity contribution is 7.15. The SMILES string of the molecule is C#Cc1ccc(-c2cc3c(N4CCC(c5nc(C)c(-c6ccc(C)s6)[nH]5)CC4)ncnc3[nH]2)cc1. The Balaban J connectivity index is 1.21. The maximum atomic E-state index is 5.50. The zero-order chi connectivity index (χ0) is 23.9. The summed E-state index contributed by atoms with van der Waals surface area (Å²) < 4.78 is 0. The van der Waals surface area contributed by atoms with E-state index in [1.165, 1.54) is 9.75 Å². The Kier molecular flexibility index (Phi) is 5.39. The largest absolute Gasteiger partial charge is 0.356 e. The minimum absolute atomic E-state index is 0.425. The van der Waals surface area contributed by atoms with Crippen molar-refractivity contribution in [3.8, 4) is 34.2 Å². The number of anilines is 1. The van der Waals surface area contributed by atoms with Crippen LogP contribution >= 0.6 is 11.3 Å². The third-order valence-electron chi connectivity index (χ3n) is 6.84. The molecule has 0 unspecified atom stereocenters. The van der Waals surface area contributed by atoms with Crippen LogP contribution in [0.4, 0.5) is 5.82 Å². The van der Waals surface area contributed by atoms with E-state index in [0.29, 0.717) is 5.92 Å². The van der Waals surface area contributed by atoms with Crippen molar-refractivity contribution in [3.63, 3.8) is 0 Å². The molecule has 1 saturated heterocycles. The molecule has 7 heteroatoms. The quantitative estimate of drug-likeness (QED) is 0.308. The van der Waals surface area contributed by atoms with Crippen molar-refractivity contribution in [2.75, 3.05) is 18.0 Å². The first kappa shape index (κ1) is 21.6. The molecule has 0 radical (unpaired) electrons. The number of thiophene rings is 1. The standard InChI is InChI=1S/C28H26N6S/c1-4-19-6-8-20(9-7-19)23-15-22-27(32-23)29-16-30-28(22)34-13-11-21(12-14-34)26-31-18(3)25(33-26)24-10-5-17(2)35-24/h1,5-10,15-16,21H,11-14H2,2-3H3,(H,31,33)(H,29,30,32). The van der Waals surface area contributed by atoms with Crippen LogP contribution in [0, 0.1) is 26.2 Å². The van der Waals surface area contributed by atoms with Crippen LogP contribution in [0.1, 0.15) is 40.7 Å². The third kappa shape index (κ3) is 4.00. The molecule has 1 fully saturated rings. The number of benzene rings is 1. The van der Waals surface area contributed by atoms with Gasteiger partial charge in [0.2, 0.25) is 0 Å². The Bertz CT molecular complexity index is 1540. The molecule has 0 spiro atoms. The molecule has 35 heavy (non-hydrogen) atoms. The number of piperidine rings is 1. The Morgan fingerprint density at radius 3 is 2.54 bits per heavy atom. The number of H-pyrrole nitrogens is 2. The van der Waals surface area contributed by atoms with Gasteiger partial charge in [-0.2, -0.15) is 0 Å². The van der Waals surface area contributed by atoms with Gasteiger partial charge in [-0.15, -0.1) is 17.8 Å². The maximum Gasteiger partial charge on any atom is 0.143 e. The molecule has 1 aliphatic heterocycles. The Morgan fingerprint density at radius 1 is 1.03 bits per heavy atom. The molecular formula is C28H26N6S. The van der Waals surface area contributed by atoms with E-state index in [1.54, 1.807) is 6.33 Å². The number of terminal acetylenes is 1. The first-order valence-electron chi connectivity index (χ1n) is 11.9. The Morgan fingerprint density at radius 2 is 1.83 bits per heavy atom. The highest BCUT2D eigenvalue weighted by atomic mass is 32.1. The summed E-state index contributed by atoms with van der Waals surface area (Å²) in [6.07, 6.45) is 9.22. The van der Waals surface area contributed by atoms with E-state index in [1.807, 2.05) is 35.6 Å². The molecule has 5 aromatic rings. The van der Waals surface area contributed by atoms with Gasteiger partial charge < -0.3 is 14.9 Å². The van der Waals surface area contributed by atoms with Crippen molar-refractivity contribution in [2.24, 2.45) is 0 Å². The number of hydrogen-bond donors (Lipinski definition) is 2. The van der Waals surface area contributed by atoms with Gasteiger partial charge in [-0.25, -0.2) is 15.0 Å². The van der Waals surface area contributed by atoms with E-state index >= 15 is 0 Å². The molecule has 0 aliphatic carbocycles. The van der Waals surface area contributed by atoms with Gasteiger partial charge in [0.15, 0.2) is 0 Å². The second-order valence-electron chi connectivity index (χ2n) is 9.12. The maximum absolute atomic E-state index is 5.50. The topological polar surface area (TPSA) is 73.5 Å². The van der Waals surface area contributed by atoms with Crippen LogP contribution in [-0.2, 0) is 0 Å². The van der Waals surface area contributed by atoms with Crippen LogP contribution in [0.2, 0.25) is 0 Å². The number of rotatable bonds is 4. The molecule has 0 amide bonds. The van der Waals surface area contributed by atoms with Crippen LogP contribution in [0.15, 0.2) is 48.8 Å². The van der Waals surface area contributed by atoms with E-state index in [0.717, 1.165) is 76.8 Å². The number of imidazole rings is 1. The predicted molar refractivity (Wildman–Crippen MR) is 143 cm³/mol. The fourth-order valence-electron chi connectivity index (χ4n) is 4.93. The summed E-state index contributed by atoms with van der Waals surface area (Å²) in [6, 6.07) is 14.5. The summed E-state index contributed by atoms with van der Waals surface area (Å²) in [5.41, 5.74) is 6.06. The number of nitrogens with zero attached hydrogens (tertiary/aromatic N) is 4. The fourth-order valence-corrected chi connectivity index (χ4v) is 5.85. The number of fused-ring (bicyclic) bond motifs is 1. The molecule has 0 bridgehead atoms. The molecule has 6 rings (SSSR count). The number of nitrogens with one attached hydrogen (secondary N) is 2. The highest BCUT2D eigenvalue weighted by Crippen LogP contribution is 2.35. The van der Waals surface area contributed by atoms with Gasteiger partial charge in [0.05, 0.1) is 21.7 Å². The van der Waals surface area contributed by atoms with Crippen LogP contribution in [0.25, 0.3) is 32.9 Å². The lowest BCUT2D eigenvalue weighted by Crippen LogP contribution is -2.33. The Labute approximate surface area is 208 Å². The molecule has 5 heterocycles. The summed E-state index contributed by atoms with van der Waals surface area (Å²) in [5.74, 6) is 5.19. The fraction of sp³-hybridized carbons (Fsp3) is 0.250. The summed E-state index contributed by atoms with van der Waals surface area (Å²) >= 11 is 1.81. The van der Waals surface area contributed by atoms with Crippen LogP contribution in [0.5, 0.6) is 0 Å². The van der Waals surface area contributed by atoms with Gasteiger partial charge in [-0.05, 0) is 62.6 Å². The number of aryl methyl sites for hydroxylation is 2. The average molecular weight is 479 g/mol. The molecule has 1 aromatic carbocycles. The van der Waals surface area contributed by atoms with Crippen molar-refractivity contribution in [2.45, 2.75) is 32.6 Å². The number of aromatic amines is 2. The lowest BCUT2D eigenvalue weighted by Gasteiger charge is -2.32. The molecule has 1 aliphatic rings. The minimum atomic E-state index is 0.425. The summed E-state index contributed by atoms with van der Waals surface area (Å²) in [6.45, 7) is 6.10. The minimum Gasteiger partial charge on any atom is -0.356 e. The van der Waals surface area contributed by atoms with Gasteiger partial charge in [0.1, 0.15) is 23.6 Å². The normalized spacial score (nSPS) is 14.5. The van der Waals surface area contributed by atoms with Crippen LogP contribution < -0.4 is 4.90 Å². The van der Waals surface area contributed by atoms with Crippen LogP contribution in [-0.4, -0.2) is 38.0 Å². The van der Waals surface area contributed by atoms with E-state index in [-0.39, 0.29) is 0 Å². The second-order valence-corrected chi connectivity index (χ2v) is 10.4. The van der Waals surface area contributed by atoms with E-state index in [2.05, 4.69) is 62.8 Å². The van der Waals surface area contributed by atoms with Gasteiger partial charge in [-0.1, -0.05) is 18.1 Å². The molecule has 6 nitrogen and oxygen atoms in total. The van der Waals surface area contributed by atoms with Crippen molar-refractivity contribution in [1.29, 1.82) is 0 Å². The predicted octanol–water partition coefficient (Wildman–Crippen LogP) is 6.06. The summed E-state index contributed by atoms with van der Waals surface area (Å²) in [5, 5.41) is 1.05. The molecular weight excluding hydrogens is 452 g/mol. The van der Waals surface area contributed by atoms with Crippen molar-refractivity contribution >= 4 is 28.2 Å². The molecule has 4 aromatic heterocycles. The van der Waals surface area contributed by atoms with E-state index in [9.17, 15) is 0 Å². The molecule has 2 N–H and O–H groups in total. The first-order valence-corrected chi connectivity index (χ1v) is 12.7. The van der Waals surface area contributed by atoms with E-state index in [4.69, 9.17) is 11.4 Å². The average Bonchev–Trinajstić information content (AvgIpc) is 3.62. The molecule has 0 atom stereocenters. The highest BCUT2D eigenvalue weighted by Gasteiger charge is 2.26. The number of hydrogen-bond acceptors (Lipinski definition) is 5. The number of aromatic nitrogens is 5. The lowest BCUT2D eigenvalue weighted by atomic mass is 9.96. The van der Waals surface area contributed by atoms with Crippen molar-refractivity contribution in [1.82, 2.24) is 24.9 Å². The van der Waals surface area contributed by atoms with Crippen molar-refractivity contribution < 1.29 is 0 Å². The monoisotopic (exact) mass is 478 g/mol. The van der Waals surface area contributed by atoms with Gasteiger partial charge >= 0.3 is 0 Å². The second kappa shape index (κ2) is 8.71. The summed E-state index contributed by atoms with van der Waals surface area (Å²) in [7, 11) is 0. The zero-order valence-corrected chi connectivity index (χ0v) is 20.6. The third-order valence-corrected chi connectivity index (χ3v) is 7.86. The smallest absolute Gasteiger partial charge is 0.143 e. The van der Waals surface area contributed by atoms with Crippen LogP contribution in [0.3, 0.4) is 0 Å². The first-order chi connectivity index (χ1) is 17.1. The summed E-state index contributed by atoms with van der Waals surface area (Å²) in [4.78, 5) is 26.1. The lowest BCUT2D eigenvalue weighted by molar-refractivity contribution is 0.487. The zero-order valence-electron chi connectivity index (χ0n) is 19.8. The molecule has 174 valence electrons. The molecule has 0 saturated carbocycles.